The predicted molar refractivity (Wildman–Crippen MR) is 134 cm³/mol. The smallest absolute Gasteiger partial charge is 0.261 e. The van der Waals surface area contributed by atoms with E-state index in [1.165, 1.54) is 0 Å². The number of hydrogen-bond donors (Lipinski definition) is 1. The van der Waals surface area contributed by atoms with E-state index in [4.69, 9.17) is 27.9 Å². The van der Waals surface area contributed by atoms with E-state index in [1.807, 2.05) is 45.0 Å². The molecule has 168 valence electrons. The second-order valence-corrected chi connectivity index (χ2v) is 9.31. The zero-order chi connectivity index (χ0) is 23.0. The molecule has 2 aromatic carbocycles. The molecule has 0 aliphatic rings. The van der Waals surface area contributed by atoms with Gasteiger partial charge in [0.25, 0.3) is 5.91 Å². The molecular formula is C23H27Cl2IN2O3. The first-order chi connectivity index (χ1) is 14.7. The van der Waals surface area contributed by atoms with Gasteiger partial charge in [0.15, 0.2) is 6.61 Å². The van der Waals surface area contributed by atoms with Gasteiger partial charge in [0, 0.05) is 16.2 Å². The zero-order valence-corrected chi connectivity index (χ0v) is 21.5. The van der Waals surface area contributed by atoms with Gasteiger partial charge in [0.2, 0.25) is 5.91 Å². The number of carbonyl (C=O) groups is 2. The molecule has 0 saturated heterocycles. The lowest BCUT2D eigenvalue weighted by Crippen LogP contribution is -2.51. The molecule has 2 amide bonds. The van der Waals surface area contributed by atoms with Gasteiger partial charge in [0.1, 0.15) is 11.8 Å². The molecule has 0 heterocycles. The Labute approximate surface area is 207 Å². The van der Waals surface area contributed by atoms with Crippen molar-refractivity contribution in [1.29, 1.82) is 0 Å². The van der Waals surface area contributed by atoms with Gasteiger partial charge in [-0.05, 0) is 84.3 Å². The highest BCUT2D eigenvalue weighted by Crippen LogP contribution is 2.24. The molecule has 2 unspecified atom stereocenters. The largest absolute Gasteiger partial charge is 0.484 e. The fourth-order valence-electron chi connectivity index (χ4n) is 2.95. The van der Waals surface area contributed by atoms with Crippen molar-refractivity contribution < 1.29 is 14.3 Å². The summed E-state index contributed by atoms with van der Waals surface area (Å²) in [4.78, 5) is 27.6. The molecule has 5 nitrogen and oxygen atoms in total. The maximum absolute atomic E-state index is 13.2. The lowest BCUT2D eigenvalue weighted by Gasteiger charge is -2.31. The Hall–Kier alpha value is -1.51. The molecule has 2 atom stereocenters. The van der Waals surface area contributed by atoms with E-state index in [-0.39, 0.29) is 31.0 Å². The summed E-state index contributed by atoms with van der Waals surface area (Å²) in [6.45, 7) is 5.87. The molecule has 2 aromatic rings. The highest BCUT2D eigenvalue weighted by atomic mass is 127. The Morgan fingerprint density at radius 1 is 1.06 bits per heavy atom. The third kappa shape index (κ3) is 7.84. The van der Waals surface area contributed by atoms with Crippen molar-refractivity contribution >= 4 is 57.6 Å². The minimum Gasteiger partial charge on any atom is -0.484 e. The van der Waals surface area contributed by atoms with Gasteiger partial charge < -0.3 is 15.0 Å². The summed E-state index contributed by atoms with van der Waals surface area (Å²) in [5.41, 5.74) is 0.784. The lowest BCUT2D eigenvalue weighted by atomic mass is 10.1. The number of rotatable bonds is 10. The number of benzene rings is 2. The third-order valence-corrected chi connectivity index (χ3v) is 6.36. The molecule has 1 N–H and O–H groups in total. The summed E-state index contributed by atoms with van der Waals surface area (Å²) in [6.07, 6.45) is 1.28. The van der Waals surface area contributed by atoms with Gasteiger partial charge in [-0.3, -0.25) is 9.59 Å². The normalized spacial score (nSPS) is 12.7. The topological polar surface area (TPSA) is 58.6 Å². The fourth-order valence-corrected chi connectivity index (χ4v) is 3.63. The van der Waals surface area contributed by atoms with Crippen molar-refractivity contribution in [3.63, 3.8) is 0 Å². The summed E-state index contributed by atoms with van der Waals surface area (Å²) in [5.74, 6) is 0.135. The van der Waals surface area contributed by atoms with E-state index in [9.17, 15) is 9.59 Å². The lowest BCUT2D eigenvalue weighted by molar-refractivity contribution is -0.143. The summed E-state index contributed by atoms with van der Waals surface area (Å²) in [5, 5.41) is 3.82. The molecule has 0 aromatic heterocycles. The van der Waals surface area contributed by atoms with Crippen LogP contribution in [0.25, 0.3) is 0 Å². The van der Waals surface area contributed by atoms with Crippen molar-refractivity contribution in [1.82, 2.24) is 10.2 Å². The van der Waals surface area contributed by atoms with E-state index in [2.05, 4.69) is 27.9 Å². The van der Waals surface area contributed by atoms with Crippen LogP contribution in [0.1, 0.15) is 39.2 Å². The Bertz CT molecular complexity index is 893. The van der Waals surface area contributed by atoms with Crippen LogP contribution < -0.4 is 10.1 Å². The van der Waals surface area contributed by atoms with E-state index in [0.29, 0.717) is 22.2 Å². The first kappa shape index (κ1) is 25.7. The van der Waals surface area contributed by atoms with Crippen LogP contribution in [0.15, 0.2) is 42.5 Å². The second kappa shape index (κ2) is 12.5. The Kier molecular flexibility index (Phi) is 10.4. The average Bonchev–Trinajstić information content (AvgIpc) is 2.75. The quantitative estimate of drug-likeness (QED) is 0.369. The standard InChI is InChI=1S/C23H27Cl2IN2O3/c1-4-15(3)27-23(30)21(5-2)28(13-16-6-11-19(24)20(25)12-16)22(29)14-31-18-9-7-17(26)8-10-18/h6-12,15,21H,4-5,13-14H2,1-3H3,(H,27,30). The van der Waals surface area contributed by atoms with Crippen LogP contribution >= 0.6 is 45.8 Å². The summed E-state index contributed by atoms with van der Waals surface area (Å²) in [7, 11) is 0. The molecule has 2 rings (SSSR count). The van der Waals surface area contributed by atoms with Gasteiger partial charge in [-0.15, -0.1) is 0 Å². The van der Waals surface area contributed by atoms with Gasteiger partial charge in [-0.2, -0.15) is 0 Å². The Morgan fingerprint density at radius 3 is 2.32 bits per heavy atom. The molecule has 0 spiro atoms. The Morgan fingerprint density at radius 2 is 1.74 bits per heavy atom. The van der Waals surface area contributed by atoms with Crippen LogP contribution in [0.3, 0.4) is 0 Å². The number of ether oxygens (including phenoxy) is 1. The molecule has 0 fully saturated rings. The van der Waals surface area contributed by atoms with Crippen molar-refractivity contribution in [2.75, 3.05) is 6.61 Å². The van der Waals surface area contributed by atoms with Crippen molar-refractivity contribution in [2.45, 2.75) is 52.2 Å². The first-order valence-electron chi connectivity index (χ1n) is 10.2. The monoisotopic (exact) mass is 576 g/mol. The van der Waals surface area contributed by atoms with Crippen LogP contribution in [0.5, 0.6) is 5.75 Å². The summed E-state index contributed by atoms with van der Waals surface area (Å²) >= 11 is 14.4. The van der Waals surface area contributed by atoms with Gasteiger partial charge in [-0.25, -0.2) is 0 Å². The SMILES string of the molecule is CCC(C)NC(=O)C(CC)N(Cc1ccc(Cl)c(Cl)c1)C(=O)COc1ccc(I)cc1. The van der Waals surface area contributed by atoms with Crippen LogP contribution in [-0.2, 0) is 16.1 Å². The predicted octanol–water partition coefficient (Wildman–Crippen LogP) is 5.70. The molecule has 0 radical (unpaired) electrons. The van der Waals surface area contributed by atoms with E-state index >= 15 is 0 Å². The van der Waals surface area contributed by atoms with Gasteiger partial charge in [-0.1, -0.05) is 43.1 Å². The van der Waals surface area contributed by atoms with E-state index in [1.54, 1.807) is 23.1 Å². The number of nitrogens with zero attached hydrogens (tertiary/aromatic N) is 1. The maximum Gasteiger partial charge on any atom is 0.261 e. The highest BCUT2D eigenvalue weighted by Gasteiger charge is 2.29. The molecule has 8 heteroatoms. The number of halogens is 3. The first-order valence-corrected chi connectivity index (χ1v) is 12.0. The van der Waals surface area contributed by atoms with Crippen LogP contribution in [0, 0.1) is 3.57 Å². The molecular weight excluding hydrogens is 550 g/mol. The van der Waals surface area contributed by atoms with Gasteiger partial charge >= 0.3 is 0 Å². The van der Waals surface area contributed by atoms with Gasteiger partial charge in [0.05, 0.1) is 10.0 Å². The molecule has 31 heavy (non-hydrogen) atoms. The number of amides is 2. The Balaban J connectivity index is 2.23. The van der Waals surface area contributed by atoms with Crippen LogP contribution in [0.4, 0.5) is 0 Å². The number of nitrogens with one attached hydrogen (secondary N) is 1. The minimum atomic E-state index is -0.628. The molecule has 0 aliphatic carbocycles. The summed E-state index contributed by atoms with van der Waals surface area (Å²) < 4.78 is 6.76. The highest BCUT2D eigenvalue weighted by molar-refractivity contribution is 14.1. The molecule has 0 aliphatic heterocycles. The third-order valence-electron chi connectivity index (χ3n) is 4.90. The summed E-state index contributed by atoms with van der Waals surface area (Å²) in [6, 6.07) is 12.0. The van der Waals surface area contributed by atoms with E-state index < -0.39 is 6.04 Å². The van der Waals surface area contributed by atoms with Crippen molar-refractivity contribution in [3.8, 4) is 5.75 Å². The number of hydrogen-bond acceptors (Lipinski definition) is 3. The van der Waals surface area contributed by atoms with E-state index in [0.717, 1.165) is 15.6 Å². The van der Waals surface area contributed by atoms with Crippen molar-refractivity contribution in [2.24, 2.45) is 0 Å². The second-order valence-electron chi connectivity index (χ2n) is 7.25. The average molecular weight is 577 g/mol. The van der Waals surface area contributed by atoms with Crippen molar-refractivity contribution in [3.05, 3.63) is 61.6 Å². The minimum absolute atomic E-state index is 0.0199. The van der Waals surface area contributed by atoms with Crippen LogP contribution in [0.2, 0.25) is 10.0 Å². The maximum atomic E-state index is 13.2. The molecule has 0 bridgehead atoms. The molecule has 0 saturated carbocycles. The number of carbonyl (C=O) groups excluding carboxylic acids is 2. The zero-order valence-electron chi connectivity index (χ0n) is 17.8. The van der Waals surface area contributed by atoms with Crippen LogP contribution in [-0.4, -0.2) is 35.4 Å². The fraction of sp³-hybridized carbons (Fsp3) is 0.391.